The number of hydrogen-bond acceptors (Lipinski definition) is 6. The van der Waals surface area contributed by atoms with Gasteiger partial charge in [0.1, 0.15) is 5.69 Å². The molecule has 0 aliphatic carbocycles. The quantitative estimate of drug-likeness (QED) is 0.263. The molecule has 182 valence electrons. The minimum atomic E-state index is -0.0136. The van der Waals surface area contributed by atoms with Crippen LogP contribution in [0.3, 0.4) is 0 Å². The third-order valence-electron chi connectivity index (χ3n) is 6.30. The summed E-state index contributed by atoms with van der Waals surface area (Å²) in [6.07, 6.45) is 14.7. The van der Waals surface area contributed by atoms with E-state index in [4.69, 9.17) is 0 Å². The number of H-pyrrole nitrogens is 2. The van der Waals surface area contributed by atoms with Crippen molar-refractivity contribution in [2.45, 2.75) is 26.2 Å². The van der Waals surface area contributed by atoms with Crippen LogP contribution in [0.15, 0.2) is 73.7 Å². The van der Waals surface area contributed by atoms with Gasteiger partial charge in [-0.15, -0.1) is 0 Å². The van der Waals surface area contributed by atoms with E-state index in [0.717, 1.165) is 68.4 Å². The van der Waals surface area contributed by atoms with Crippen LogP contribution in [0.4, 0.5) is 5.69 Å². The second-order valence-electron chi connectivity index (χ2n) is 8.87. The summed E-state index contributed by atoms with van der Waals surface area (Å²) in [4.78, 5) is 33.2. The van der Waals surface area contributed by atoms with Crippen LogP contribution in [0.2, 0.25) is 0 Å². The molecule has 0 aliphatic rings. The number of rotatable bonds is 7. The summed E-state index contributed by atoms with van der Waals surface area (Å²) in [6.45, 7) is 2.06. The lowest BCUT2D eigenvalue weighted by Crippen LogP contribution is -2.11. The Morgan fingerprint density at radius 1 is 0.919 bits per heavy atom. The van der Waals surface area contributed by atoms with Crippen molar-refractivity contribution in [3.63, 3.8) is 0 Å². The first kappa shape index (κ1) is 22.5. The molecule has 6 rings (SSSR count). The smallest absolute Gasteiger partial charge is 0.224 e. The van der Waals surface area contributed by atoms with Crippen molar-refractivity contribution >= 4 is 33.4 Å². The van der Waals surface area contributed by atoms with E-state index in [9.17, 15) is 4.79 Å². The standard InChI is InChI=1S/C28H24N8O/c1-2-3-6-27(37)33-19-8-18(12-30-13-19)23-10-21-26(16-32-23)35-36-28(21)24-9-20-22(14-31-15-25(20)34-24)17-5-4-7-29-11-17/h4-5,7-16,34H,2-3,6H2,1H3,(H,33,37)(H,35,36). The molecule has 0 fully saturated rings. The molecular weight excluding hydrogens is 464 g/mol. The van der Waals surface area contributed by atoms with Gasteiger partial charge in [-0.3, -0.25) is 29.8 Å². The number of amides is 1. The number of anilines is 1. The largest absolute Gasteiger partial charge is 0.352 e. The minimum Gasteiger partial charge on any atom is -0.352 e. The Bertz CT molecular complexity index is 1720. The molecule has 0 aliphatic heterocycles. The van der Waals surface area contributed by atoms with Crippen LogP contribution in [0.1, 0.15) is 26.2 Å². The summed E-state index contributed by atoms with van der Waals surface area (Å²) in [7, 11) is 0. The Balaban J connectivity index is 1.37. The van der Waals surface area contributed by atoms with E-state index in [-0.39, 0.29) is 5.91 Å². The number of pyridine rings is 4. The van der Waals surface area contributed by atoms with Crippen molar-refractivity contribution in [3.05, 3.63) is 73.7 Å². The Kier molecular flexibility index (Phi) is 5.86. The van der Waals surface area contributed by atoms with Gasteiger partial charge in [-0.2, -0.15) is 5.10 Å². The van der Waals surface area contributed by atoms with E-state index in [0.29, 0.717) is 12.1 Å². The van der Waals surface area contributed by atoms with Crippen LogP contribution in [-0.4, -0.2) is 41.0 Å². The molecule has 0 spiro atoms. The van der Waals surface area contributed by atoms with Crippen molar-refractivity contribution in [2.75, 3.05) is 5.32 Å². The molecule has 9 heteroatoms. The molecule has 0 aromatic carbocycles. The number of carbonyl (C=O) groups excluding carboxylic acids is 1. The van der Waals surface area contributed by atoms with Gasteiger partial charge >= 0.3 is 0 Å². The monoisotopic (exact) mass is 488 g/mol. The zero-order valence-electron chi connectivity index (χ0n) is 20.2. The summed E-state index contributed by atoms with van der Waals surface area (Å²) < 4.78 is 0. The summed E-state index contributed by atoms with van der Waals surface area (Å²) in [6, 6.07) is 9.90. The molecule has 0 saturated heterocycles. The zero-order valence-corrected chi connectivity index (χ0v) is 20.2. The summed E-state index contributed by atoms with van der Waals surface area (Å²) in [5.74, 6) is -0.0136. The van der Waals surface area contributed by atoms with Gasteiger partial charge < -0.3 is 10.3 Å². The highest BCUT2D eigenvalue weighted by atomic mass is 16.1. The lowest BCUT2D eigenvalue weighted by Gasteiger charge is -2.07. The van der Waals surface area contributed by atoms with Crippen molar-refractivity contribution in [1.82, 2.24) is 35.1 Å². The molecule has 6 aromatic rings. The first-order valence-corrected chi connectivity index (χ1v) is 12.2. The van der Waals surface area contributed by atoms with Crippen LogP contribution >= 0.6 is 0 Å². The number of nitrogens with zero attached hydrogens (tertiary/aromatic N) is 5. The molecule has 1 amide bonds. The molecule has 9 nitrogen and oxygen atoms in total. The Morgan fingerprint density at radius 2 is 1.81 bits per heavy atom. The van der Waals surface area contributed by atoms with Crippen molar-refractivity contribution in [2.24, 2.45) is 0 Å². The van der Waals surface area contributed by atoms with E-state index in [1.54, 1.807) is 24.8 Å². The van der Waals surface area contributed by atoms with Gasteiger partial charge in [0.05, 0.1) is 46.7 Å². The van der Waals surface area contributed by atoms with E-state index < -0.39 is 0 Å². The molecule has 0 saturated carbocycles. The molecule has 0 bridgehead atoms. The fourth-order valence-corrected chi connectivity index (χ4v) is 4.42. The number of unbranched alkanes of at least 4 members (excludes halogenated alkanes) is 1. The first-order valence-electron chi connectivity index (χ1n) is 12.2. The molecule has 6 heterocycles. The van der Waals surface area contributed by atoms with E-state index in [1.165, 1.54) is 0 Å². The number of carbonyl (C=O) groups is 1. The predicted molar refractivity (Wildman–Crippen MR) is 144 cm³/mol. The van der Waals surface area contributed by atoms with Gasteiger partial charge in [-0.25, -0.2) is 0 Å². The van der Waals surface area contributed by atoms with Crippen molar-refractivity contribution < 1.29 is 4.79 Å². The maximum absolute atomic E-state index is 12.2. The number of nitrogens with one attached hydrogen (secondary N) is 3. The summed E-state index contributed by atoms with van der Waals surface area (Å²) >= 11 is 0. The molecular formula is C28H24N8O. The zero-order chi connectivity index (χ0) is 25.2. The lowest BCUT2D eigenvalue weighted by atomic mass is 10.1. The number of aromatic amines is 2. The van der Waals surface area contributed by atoms with Crippen molar-refractivity contribution in [3.8, 4) is 33.8 Å². The fraction of sp³-hybridized carbons (Fsp3) is 0.143. The average Bonchev–Trinajstić information content (AvgIpc) is 3.56. The van der Waals surface area contributed by atoms with Crippen LogP contribution in [0.5, 0.6) is 0 Å². The Morgan fingerprint density at radius 3 is 2.68 bits per heavy atom. The van der Waals surface area contributed by atoms with Gasteiger partial charge in [-0.05, 0) is 30.7 Å². The van der Waals surface area contributed by atoms with Gasteiger partial charge in [-0.1, -0.05) is 19.4 Å². The van der Waals surface area contributed by atoms with Gasteiger partial charge in [0.15, 0.2) is 0 Å². The van der Waals surface area contributed by atoms with E-state index in [1.807, 2.05) is 42.9 Å². The SMILES string of the molecule is CCCCC(=O)Nc1cncc(-c2cc3c(-c4cc5c(-c6cccnc6)cncc5[nH]4)n[nH]c3cn2)c1. The van der Waals surface area contributed by atoms with Crippen LogP contribution in [-0.2, 0) is 4.79 Å². The van der Waals surface area contributed by atoms with E-state index >= 15 is 0 Å². The summed E-state index contributed by atoms with van der Waals surface area (Å²) in [5.41, 5.74) is 7.58. The van der Waals surface area contributed by atoms with Gasteiger partial charge in [0.2, 0.25) is 5.91 Å². The van der Waals surface area contributed by atoms with Crippen molar-refractivity contribution in [1.29, 1.82) is 0 Å². The minimum absolute atomic E-state index is 0.0136. The van der Waals surface area contributed by atoms with Crippen LogP contribution < -0.4 is 5.32 Å². The third kappa shape index (κ3) is 4.42. The molecule has 0 unspecified atom stereocenters. The number of hydrogen-bond donors (Lipinski definition) is 3. The Hall–Kier alpha value is -4.92. The third-order valence-corrected chi connectivity index (χ3v) is 6.30. The summed E-state index contributed by atoms with van der Waals surface area (Å²) in [5, 5.41) is 12.6. The first-order chi connectivity index (χ1) is 18.2. The molecule has 37 heavy (non-hydrogen) atoms. The molecule has 3 N–H and O–H groups in total. The second-order valence-corrected chi connectivity index (χ2v) is 8.87. The lowest BCUT2D eigenvalue weighted by molar-refractivity contribution is -0.116. The van der Waals surface area contributed by atoms with Gasteiger partial charge in [0, 0.05) is 58.7 Å². The highest BCUT2D eigenvalue weighted by Gasteiger charge is 2.15. The van der Waals surface area contributed by atoms with Gasteiger partial charge in [0.25, 0.3) is 0 Å². The predicted octanol–water partition coefficient (Wildman–Crippen LogP) is 5.75. The maximum Gasteiger partial charge on any atom is 0.224 e. The number of aromatic nitrogens is 7. The molecule has 0 atom stereocenters. The fourth-order valence-electron chi connectivity index (χ4n) is 4.42. The van der Waals surface area contributed by atoms with Crippen LogP contribution in [0, 0.1) is 0 Å². The number of fused-ring (bicyclic) bond motifs is 2. The van der Waals surface area contributed by atoms with E-state index in [2.05, 4.69) is 53.4 Å². The molecule has 0 radical (unpaired) electrons. The highest BCUT2D eigenvalue weighted by molar-refractivity contribution is 6.01. The topological polar surface area (TPSA) is 125 Å². The second kappa shape index (κ2) is 9.62. The highest BCUT2D eigenvalue weighted by Crippen LogP contribution is 2.34. The Labute approximate surface area is 212 Å². The normalized spacial score (nSPS) is 11.3. The molecule has 6 aromatic heterocycles. The average molecular weight is 489 g/mol. The maximum atomic E-state index is 12.2. The van der Waals surface area contributed by atoms with Crippen LogP contribution in [0.25, 0.3) is 55.6 Å².